The Morgan fingerprint density at radius 3 is 2.41 bits per heavy atom. The van der Waals surface area contributed by atoms with Gasteiger partial charge in [-0.05, 0) is 47.6 Å². The molecule has 2 N–H and O–H groups in total. The summed E-state index contributed by atoms with van der Waals surface area (Å²) in [5.74, 6) is 0.739. The number of hydrogen-bond acceptors (Lipinski definition) is 3. The molecule has 0 bridgehead atoms. The molecule has 4 nitrogen and oxygen atoms in total. The largest absolute Gasteiger partial charge is 0.497 e. The lowest BCUT2D eigenvalue weighted by atomic mass is 10.0. The number of unbranched alkanes of at least 4 members (excludes halogenated alkanes) is 4. The highest BCUT2D eigenvalue weighted by Crippen LogP contribution is 2.18. The third kappa shape index (κ3) is 6.20. The second kappa shape index (κ2) is 10.8. The van der Waals surface area contributed by atoms with E-state index in [0.717, 1.165) is 35.2 Å². The van der Waals surface area contributed by atoms with E-state index in [1.807, 2.05) is 24.3 Å². The number of aromatic amines is 1. The van der Waals surface area contributed by atoms with Crippen molar-refractivity contribution in [2.75, 3.05) is 7.11 Å². The molecule has 0 radical (unpaired) electrons. The van der Waals surface area contributed by atoms with Crippen LogP contribution in [0.4, 0.5) is 0 Å². The number of ether oxygens (including phenoxy) is 1. The third-order valence-corrected chi connectivity index (χ3v) is 5.37. The van der Waals surface area contributed by atoms with E-state index in [4.69, 9.17) is 4.74 Å². The molecule has 0 aliphatic rings. The molecule has 2 aromatic carbocycles. The molecule has 154 valence electrons. The van der Waals surface area contributed by atoms with Crippen LogP contribution in [0.1, 0.15) is 55.7 Å². The maximum atomic E-state index is 12.3. The minimum absolute atomic E-state index is 0.0586. The molecule has 0 saturated carbocycles. The molecule has 1 heterocycles. The van der Waals surface area contributed by atoms with Crippen LogP contribution in [0.15, 0.2) is 53.3 Å². The van der Waals surface area contributed by atoms with Crippen LogP contribution in [0.2, 0.25) is 0 Å². The van der Waals surface area contributed by atoms with E-state index in [2.05, 4.69) is 41.5 Å². The van der Waals surface area contributed by atoms with Gasteiger partial charge < -0.3 is 15.0 Å². The first kappa shape index (κ1) is 21.1. The molecule has 4 heteroatoms. The molecular formula is C25H32N2O2. The minimum atomic E-state index is -0.0586. The van der Waals surface area contributed by atoms with Crippen LogP contribution < -0.4 is 15.6 Å². The maximum absolute atomic E-state index is 12.3. The number of pyridine rings is 1. The standard InChI is InChI=1S/C25H32N2O2/c1-3-4-5-6-7-8-19-9-11-20(12-10-19)17-26-18-22-15-21-13-14-23(29-2)16-24(21)27-25(22)28/h9-16,26H,3-8,17-18H2,1-2H3,(H,27,28). The Balaban J connectivity index is 1.50. The van der Waals surface area contributed by atoms with Crippen molar-refractivity contribution in [1.29, 1.82) is 0 Å². The molecule has 29 heavy (non-hydrogen) atoms. The highest BCUT2D eigenvalue weighted by Gasteiger charge is 2.04. The van der Waals surface area contributed by atoms with E-state index >= 15 is 0 Å². The summed E-state index contributed by atoms with van der Waals surface area (Å²) in [6, 6.07) is 16.5. The van der Waals surface area contributed by atoms with Gasteiger partial charge in [0.2, 0.25) is 0 Å². The van der Waals surface area contributed by atoms with Crippen molar-refractivity contribution >= 4 is 10.9 Å². The van der Waals surface area contributed by atoms with Crippen LogP contribution in [-0.2, 0) is 19.5 Å². The molecule has 3 aromatic rings. The second-order valence-electron chi connectivity index (χ2n) is 7.66. The minimum Gasteiger partial charge on any atom is -0.497 e. The van der Waals surface area contributed by atoms with Crippen LogP contribution in [0.5, 0.6) is 5.75 Å². The summed E-state index contributed by atoms with van der Waals surface area (Å²) in [4.78, 5) is 15.3. The quantitative estimate of drug-likeness (QED) is 0.433. The van der Waals surface area contributed by atoms with E-state index in [1.165, 1.54) is 43.2 Å². The zero-order chi connectivity index (χ0) is 20.5. The number of hydrogen-bond donors (Lipinski definition) is 2. The number of rotatable bonds is 11. The summed E-state index contributed by atoms with van der Waals surface area (Å²) >= 11 is 0. The SMILES string of the molecule is CCCCCCCc1ccc(CNCc2cc3ccc(OC)cc3[nH]c2=O)cc1. The lowest BCUT2D eigenvalue weighted by Crippen LogP contribution is -2.20. The number of nitrogens with one attached hydrogen (secondary N) is 2. The summed E-state index contributed by atoms with van der Waals surface area (Å²) < 4.78 is 5.22. The van der Waals surface area contributed by atoms with Gasteiger partial charge in [0.15, 0.2) is 0 Å². The van der Waals surface area contributed by atoms with Crippen molar-refractivity contribution in [3.05, 3.63) is 75.6 Å². The fourth-order valence-corrected chi connectivity index (χ4v) is 3.58. The zero-order valence-corrected chi connectivity index (χ0v) is 17.6. The fourth-order valence-electron chi connectivity index (χ4n) is 3.58. The smallest absolute Gasteiger partial charge is 0.252 e. The average Bonchev–Trinajstić information content (AvgIpc) is 2.74. The first-order valence-electron chi connectivity index (χ1n) is 10.7. The van der Waals surface area contributed by atoms with Gasteiger partial charge in [0.05, 0.1) is 12.6 Å². The van der Waals surface area contributed by atoms with Crippen LogP contribution in [0, 0.1) is 0 Å². The average molecular weight is 393 g/mol. The number of methoxy groups -OCH3 is 1. The Morgan fingerprint density at radius 2 is 1.66 bits per heavy atom. The molecule has 0 fully saturated rings. The molecule has 3 rings (SSSR count). The Kier molecular flexibility index (Phi) is 7.88. The number of fused-ring (bicyclic) bond motifs is 1. The highest BCUT2D eigenvalue weighted by atomic mass is 16.5. The summed E-state index contributed by atoms with van der Waals surface area (Å²) in [6.07, 6.45) is 7.74. The summed E-state index contributed by atoms with van der Waals surface area (Å²) in [5, 5.41) is 4.39. The summed E-state index contributed by atoms with van der Waals surface area (Å²) in [5.41, 5.74) is 4.12. The Hall–Kier alpha value is -2.59. The van der Waals surface area contributed by atoms with Crippen LogP contribution >= 0.6 is 0 Å². The van der Waals surface area contributed by atoms with E-state index in [0.29, 0.717) is 6.54 Å². The van der Waals surface area contributed by atoms with Gasteiger partial charge in [-0.2, -0.15) is 0 Å². The molecule has 0 aliphatic heterocycles. The molecule has 0 amide bonds. The van der Waals surface area contributed by atoms with E-state index in [9.17, 15) is 4.79 Å². The molecule has 0 unspecified atom stereocenters. The van der Waals surface area contributed by atoms with Crippen molar-refractivity contribution < 1.29 is 4.74 Å². The van der Waals surface area contributed by atoms with E-state index < -0.39 is 0 Å². The first-order valence-corrected chi connectivity index (χ1v) is 10.7. The number of aromatic nitrogens is 1. The van der Waals surface area contributed by atoms with Gasteiger partial charge in [-0.15, -0.1) is 0 Å². The van der Waals surface area contributed by atoms with Gasteiger partial charge in [-0.1, -0.05) is 56.9 Å². The van der Waals surface area contributed by atoms with Crippen LogP contribution in [-0.4, -0.2) is 12.1 Å². The Morgan fingerprint density at radius 1 is 0.897 bits per heavy atom. The van der Waals surface area contributed by atoms with Crippen molar-refractivity contribution in [2.45, 2.75) is 58.5 Å². The molecule has 0 spiro atoms. The number of H-pyrrole nitrogens is 1. The summed E-state index contributed by atoms with van der Waals surface area (Å²) in [6.45, 7) is 3.54. The van der Waals surface area contributed by atoms with E-state index in [-0.39, 0.29) is 5.56 Å². The van der Waals surface area contributed by atoms with Crippen LogP contribution in [0.3, 0.4) is 0 Å². The van der Waals surface area contributed by atoms with Gasteiger partial charge in [0, 0.05) is 24.7 Å². The molecule has 0 saturated heterocycles. The molecule has 0 atom stereocenters. The summed E-state index contributed by atoms with van der Waals surface area (Å²) in [7, 11) is 1.62. The van der Waals surface area contributed by atoms with Crippen molar-refractivity contribution in [1.82, 2.24) is 10.3 Å². The lowest BCUT2D eigenvalue weighted by Gasteiger charge is -2.08. The monoisotopic (exact) mass is 392 g/mol. The van der Waals surface area contributed by atoms with Crippen molar-refractivity contribution in [3.8, 4) is 5.75 Å². The normalized spacial score (nSPS) is 11.1. The fraction of sp³-hybridized carbons (Fsp3) is 0.400. The topological polar surface area (TPSA) is 54.1 Å². The number of benzene rings is 2. The molecule has 0 aliphatic carbocycles. The lowest BCUT2D eigenvalue weighted by molar-refractivity contribution is 0.415. The third-order valence-electron chi connectivity index (χ3n) is 5.37. The molecular weight excluding hydrogens is 360 g/mol. The molecule has 1 aromatic heterocycles. The van der Waals surface area contributed by atoms with Gasteiger partial charge >= 0.3 is 0 Å². The van der Waals surface area contributed by atoms with Crippen molar-refractivity contribution in [2.24, 2.45) is 0 Å². The van der Waals surface area contributed by atoms with Crippen molar-refractivity contribution in [3.63, 3.8) is 0 Å². The number of aryl methyl sites for hydroxylation is 1. The second-order valence-corrected chi connectivity index (χ2v) is 7.66. The van der Waals surface area contributed by atoms with E-state index in [1.54, 1.807) is 7.11 Å². The predicted octanol–water partition coefficient (Wildman–Crippen LogP) is 5.34. The van der Waals surface area contributed by atoms with Crippen LogP contribution in [0.25, 0.3) is 10.9 Å². The Labute approximate surface area is 173 Å². The van der Waals surface area contributed by atoms with Gasteiger partial charge in [0.1, 0.15) is 5.75 Å². The predicted molar refractivity (Wildman–Crippen MR) is 121 cm³/mol. The van der Waals surface area contributed by atoms with Gasteiger partial charge in [0.25, 0.3) is 5.56 Å². The van der Waals surface area contributed by atoms with Gasteiger partial charge in [-0.3, -0.25) is 4.79 Å². The Bertz CT molecular complexity index is 961. The first-order chi connectivity index (χ1) is 14.2. The maximum Gasteiger partial charge on any atom is 0.252 e. The van der Waals surface area contributed by atoms with Gasteiger partial charge in [-0.25, -0.2) is 0 Å². The zero-order valence-electron chi connectivity index (χ0n) is 17.6. The highest BCUT2D eigenvalue weighted by molar-refractivity contribution is 5.80.